The Balaban J connectivity index is 2.38. The Kier molecular flexibility index (Phi) is 2.39. The van der Waals surface area contributed by atoms with E-state index in [2.05, 4.69) is 11.9 Å². The third-order valence-corrected chi connectivity index (χ3v) is 2.60. The molecule has 1 rings (SSSR count). The molecule has 9 heavy (non-hydrogen) atoms. The molecule has 0 radical (unpaired) electrons. The Hall–Kier alpha value is -0.180. The Morgan fingerprint density at radius 2 is 2.67 bits per heavy atom. The summed E-state index contributed by atoms with van der Waals surface area (Å²) in [7, 11) is 1.76. The molecule has 1 aliphatic heterocycles. The number of thioether (sulfide) groups is 1. The van der Waals surface area contributed by atoms with Crippen LogP contribution in [-0.4, -0.2) is 24.1 Å². The van der Waals surface area contributed by atoms with Crippen LogP contribution >= 0.6 is 11.8 Å². The van der Waals surface area contributed by atoms with Gasteiger partial charge in [-0.2, -0.15) is 0 Å². The maximum Gasteiger partial charge on any atom is 0.245 e. The first-order chi connectivity index (χ1) is 4.36. The Labute approximate surface area is 59.7 Å². The standard InChI is InChI=1S/C6H11NOS/c1-3-5-4-8-6(7-2)9-5/h5H,3-4H2,1-2H3. The van der Waals surface area contributed by atoms with Gasteiger partial charge in [0.25, 0.3) is 0 Å². The van der Waals surface area contributed by atoms with Crippen LogP contribution in [0.2, 0.25) is 0 Å². The number of hydrogen-bond donors (Lipinski definition) is 0. The van der Waals surface area contributed by atoms with E-state index >= 15 is 0 Å². The Bertz CT molecular complexity index is 124. The lowest BCUT2D eigenvalue weighted by atomic mass is 10.3. The largest absolute Gasteiger partial charge is 0.472 e. The summed E-state index contributed by atoms with van der Waals surface area (Å²) in [5, 5.41) is 1.49. The molecule has 1 aliphatic rings. The van der Waals surface area contributed by atoms with Crippen molar-refractivity contribution in [1.29, 1.82) is 0 Å². The summed E-state index contributed by atoms with van der Waals surface area (Å²) in [6.45, 7) is 3.01. The fourth-order valence-corrected chi connectivity index (χ4v) is 1.52. The lowest BCUT2D eigenvalue weighted by Gasteiger charge is -1.94. The molecule has 0 bridgehead atoms. The second-order valence-electron chi connectivity index (χ2n) is 1.95. The molecule has 1 atom stereocenters. The van der Waals surface area contributed by atoms with Crippen molar-refractivity contribution < 1.29 is 4.74 Å². The monoisotopic (exact) mass is 145 g/mol. The average molecular weight is 145 g/mol. The van der Waals surface area contributed by atoms with Crippen molar-refractivity contribution in [1.82, 2.24) is 0 Å². The van der Waals surface area contributed by atoms with Crippen LogP contribution in [-0.2, 0) is 4.74 Å². The van der Waals surface area contributed by atoms with Gasteiger partial charge in [-0.05, 0) is 6.42 Å². The fraction of sp³-hybridized carbons (Fsp3) is 0.833. The molecule has 0 aromatic rings. The summed E-state index contributed by atoms with van der Waals surface area (Å²) in [5.41, 5.74) is 0. The average Bonchev–Trinajstić information content (AvgIpc) is 2.34. The molecule has 1 saturated heterocycles. The lowest BCUT2D eigenvalue weighted by Crippen LogP contribution is -1.98. The molecule has 52 valence electrons. The lowest BCUT2D eigenvalue weighted by molar-refractivity contribution is 0.325. The molecular weight excluding hydrogens is 134 g/mol. The van der Waals surface area contributed by atoms with Gasteiger partial charge in [0.15, 0.2) is 0 Å². The van der Waals surface area contributed by atoms with Crippen LogP contribution in [0.3, 0.4) is 0 Å². The van der Waals surface area contributed by atoms with Crippen molar-refractivity contribution in [3.05, 3.63) is 0 Å². The molecule has 0 amide bonds. The van der Waals surface area contributed by atoms with E-state index in [0.29, 0.717) is 5.25 Å². The number of nitrogens with zero attached hydrogens (tertiary/aromatic N) is 1. The van der Waals surface area contributed by atoms with E-state index in [9.17, 15) is 0 Å². The van der Waals surface area contributed by atoms with Gasteiger partial charge in [-0.15, -0.1) is 0 Å². The summed E-state index contributed by atoms with van der Waals surface area (Å²) < 4.78 is 5.22. The second-order valence-corrected chi connectivity index (χ2v) is 3.20. The van der Waals surface area contributed by atoms with Crippen molar-refractivity contribution in [3.8, 4) is 0 Å². The molecule has 3 heteroatoms. The molecule has 1 heterocycles. The predicted molar refractivity (Wildman–Crippen MR) is 41.0 cm³/mol. The van der Waals surface area contributed by atoms with Crippen LogP contribution in [0.15, 0.2) is 4.99 Å². The third-order valence-electron chi connectivity index (χ3n) is 1.30. The summed E-state index contributed by atoms with van der Waals surface area (Å²) in [4.78, 5) is 3.94. The van der Waals surface area contributed by atoms with Crippen LogP contribution in [0.5, 0.6) is 0 Å². The van der Waals surface area contributed by atoms with E-state index in [-0.39, 0.29) is 0 Å². The van der Waals surface area contributed by atoms with Crippen molar-refractivity contribution in [3.63, 3.8) is 0 Å². The smallest absolute Gasteiger partial charge is 0.245 e. The zero-order chi connectivity index (χ0) is 6.69. The van der Waals surface area contributed by atoms with Gasteiger partial charge in [-0.25, -0.2) is 4.99 Å². The van der Waals surface area contributed by atoms with E-state index in [1.807, 2.05) is 0 Å². The molecule has 1 fully saturated rings. The van der Waals surface area contributed by atoms with Gasteiger partial charge in [0.2, 0.25) is 5.23 Å². The highest BCUT2D eigenvalue weighted by atomic mass is 32.2. The van der Waals surface area contributed by atoms with E-state index in [1.165, 1.54) is 6.42 Å². The van der Waals surface area contributed by atoms with Gasteiger partial charge in [-0.1, -0.05) is 18.7 Å². The van der Waals surface area contributed by atoms with Gasteiger partial charge in [-0.3, -0.25) is 0 Å². The van der Waals surface area contributed by atoms with Gasteiger partial charge >= 0.3 is 0 Å². The zero-order valence-corrected chi connectivity index (χ0v) is 6.57. The van der Waals surface area contributed by atoms with Gasteiger partial charge < -0.3 is 4.74 Å². The topological polar surface area (TPSA) is 21.6 Å². The molecular formula is C6H11NOS. The maximum atomic E-state index is 5.22. The summed E-state index contributed by atoms with van der Waals surface area (Å²) in [6.07, 6.45) is 1.17. The molecule has 2 nitrogen and oxygen atoms in total. The van der Waals surface area contributed by atoms with Crippen LogP contribution in [0.4, 0.5) is 0 Å². The van der Waals surface area contributed by atoms with Crippen LogP contribution in [0.25, 0.3) is 0 Å². The highest BCUT2D eigenvalue weighted by molar-refractivity contribution is 8.14. The van der Waals surface area contributed by atoms with Crippen molar-refractivity contribution in [2.75, 3.05) is 13.7 Å². The molecule has 0 saturated carbocycles. The molecule has 0 aliphatic carbocycles. The first kappa shape index (κ1) is 6.93. The molecule has 0 aromatic heterocycles. The van der Waals surface area contributed by atoms with E-state index < -0.39 is 0 Å². The second kappa shape index (κ2) is 3.11. The molecule has 0 spiro atoms. The first-order valence-electron chi connectivity index (χ1n) is 3.13. The van der Waals surface area contributed by atoms with Crippen molar-refractivity contribution >= 4 is 17.0 Å². The molecule has 0 N–H and O–H groups in total. The fourth-order valence-electron chi connectivity index (χ4n) is 0.693. The molecule has 0 aromatic carbocycles. The van der Waals surface area contributed by atoms with Crippen LogP contribution in [0, 0.1) is 0 Å². The van der Waals surface area contributed by atoms with Gasteiger partial charge in [0.1, 0.15) is 6.61 Å². The maximum absolute atomic E-state index is 5.22. The van der Waals surface area contributed by atoms with Gasteiger partial charge in [0, 0.05) is 12.3 Å². The highest BCUT2D eigenvalue weighted by Crippen LogP contribution is 2.24. The van der Waals surface area contributed by atoms with Gasteiger partial charge in [0.05, 0.1) is 0 Å². The van der Waals surface area contributed by atoms with E-state index in [0.717, 1.165) is 11.8 Å². The number of rotatable bonds is 1. The zero-order valence-electron chi connectivity index (χ0n) is 5.76. The summed E-state index contributed by atoms with van der Waals surface area (Å²) in [6, 6.07) is 0. The number of ether oxygens (including phenoxy) is 1. The third kappa shape index (κ3) is 1.61. The Morgan fingerprint density at radius 1 is 1.89 bits per heavy atom. The minimum Gasteiger partial charge on any atom is -0.472 e. The number of aliphatic imine (C=N–C) groups is 1. The summed E-state index contributed by atoms with van der Waals surface area (Å²) >= 11 is 1.74. The molecule has 1 unspecified atom stereocenters. The van der Waals surface area contributed by atoms with Crippen LogP contribution < -0.4 is 0 Å². The summed E-state index contributed by atoms with van der Waals surface area (Å²) in [5.74, 6) is 0. The Morgan fingerprint density at radius 3 is 3.00 bits per heavy atom. The number of hydrogen-bond acceptors (Lipinski definition) is 3. The normalized spacial score (nSPS) is 30.9. The minimum atomic E-state index is 0.642. The van der Waals surface area contributed by atoms with Crippen LogP contribution in [0.1, 0.15) is 13.3 Å². The van der Waals surface area contributed by atoms with Crippen molar-refractivity contribution in [2.45, 2.75) is 18.6 Å². The predicted octanol–water partition coefficient (Wildman–Crippen LogP) is 1.51. The van der Waals surface area contributed by atoms with Crippen molar-refractivity contribution in [2.24, 2.45) is 4.99 Å². The van der Waals surface area contributed by atoms with E-state index in [1.54, 1.807) is 18.8 Å². The highest BCUT2D eigenvalue weighted by Gasteiger charge is 2.20. The minimum absolute atomic E-state index is 0.642. The SMILES string of the molecule is CCC1COC(=NC)S1. The quantitative estimate of drug-likeness (QED) is 0.558. The van der Waals surface area contributed by atoms with E-state index in [4.69, 9.17) is 4.74 Å². The first-order valence-corrected chi connectivity index (χ1v) is 4.01.